The number of nitrogens with one attached hydrogen (secondary N) is 1. The van der Waals surface area contributed by atoms with E-state index in [1.165, 1.54) is 23.1 Å². The maximum absolute atomic E-state index is 13.0. The maximum Gasteiger partial charge on any atom is 0.435 e. The Balaban J connectivity index is 1.60. The van der Waals surface area contributed by atoms with E-state index in [0.717, 1.165) is 23.0 Å². The molecule has 0 aliphatic carbocycles. The molecule has 0 aliphatic rings. The number of halogens is 5. The maximum atomic E-state index is 13.0. The van der Waals surface area contributed by atoms with Crippen LogP contribution in [0.5, 0.6) is 0 Å². The van der Waals surface area contributed by atoms with Crippen molar-refractivity contribution >= 4 is 23.5 Å². The van der Waals surface area contributed by atoms with Crippen molar-refractivity contribution in [3.63, 3.8) is 0 Å². The highest BCUT2D eigenvalue weighted by molar-refractivity contribution is 6.31. The van der Waals surface area contributed by atoms with E-state index in [0.29, 0.717) is 5.56 Å². The van der Waals surface area contributed by atoms with Crippen molar-refractivity contribution in [3.8, 4) is 0 Å². The van der Waals surface area contributed by atoms with Crippen molar-refractivity contribution in [2.75, 3.05) is 5.32 Å². The SMILES string of the molecule is O=C(Cn1ccc(C(F)(F)F)n1)Nc1ncn(Cc2ccc(F)cc2Cl)n1. The van der Waals surface area contributed by atoms with Gasteiger partial charge < -0.3 is 0 Å². The summed E-state index contributed by atoms with van der Waals surface area (Å²) in [5.41, 5.74) is -0.494. The molecule has 1 N–H and O–H groups in total. The first-order chi connectivity index (χ1) is 12.7. The molecule has 0 bridgehead atoms. The van der Waals surface area contributed by atoms with E-state index in [9.17, 15) is 22.4 Å². The van der Waals surface area contributed by atoms with Gasteiger partial charge in [0, 0.05) is 11.2 Å². The highest BCUT2D eigenvalue weighted by Crippen LogP contribution is 2.27. The van der Waals surface area contributed by atoms with Crippen LogP contribution in [0, 0.1) is 5.82 Å². The van der Waals surface area contributed by atoms with Gasteiger partial charge in [0.2, 0.25) is 11.9 Å². The van der Waals surface area contributed by atoms with Crippen LogP contribution in [0.2, 0.25) is 5.02 Å². The van der Waals surface area contributed by atoms with E-state index in [2.05, 4.69) is 20.5 Å². The molecule has 0 fully saturated rings. The zero-order valence-electron chi connectivity index (χ0n) is 13.4. The number of aromatic nitrogens is 5. The third-order valence-corrected chi connectivity index (χ3v) is 3.72. The van der Waals surface area contributed by atoms with Gasteiger partial charge in [-0.15, -0.1) is 5.10 Å². The average Bonchev–Trinajstić information content (AvgIpc) is 3.19. The van der Waals surface area contributed by atoms with Crippen LogP contribution in [0.1, 0.15) is 11.3 Å². The molecular weight excluding hydrogens is 392 g/mol. The Bertz CT molecular complexity index is 967. The quantitative estimate of drug-likeness (QED) is 0.666. The minimum absolute atomic E-state index is 0.0403. The third kappa shape index (κ3) is 4.82. The molecule has 0 spiro atoms. The Hall–Kier alpha value is -2.95. The predicted octanol–water partition coefficient (Wildman–Crippen LogP) is 2.97. The van der Waals surface area contributed by atoms with Crippen molar-refractivity contribution in [2.45, 2.75) is 19.3 Å². The third-order valence-electron chi connectivity index (χ3n) is 3.37. The molecule has 0 radical (unpaired) electrons. The molecule has 0 saturated carbocycles. The van der Waals surface area contributed by atoms with Gasteiger partial charge in [0.05, 0.1) is 6.54 Å². The summed E-state index contributed by atoms with van der Waals surface area (Å²) in [5.74, 6) is -1.16. The molecule has 0 atom stereocenters. The van der Waals surface area contributed by atoms with E-state index in [-0.39, 0.29) is 17.5 Å². The van der Waals surface area contributed by atoms with E-state index >= 15 is 0 Å². The lowest BCUT2D eigenvalue weighted by Crippen LogP contribution is -2.20. The highest BCUT2D eigenvalue weighted by Gasteiger charge is 2.33. The van der Waals surface area contributed by atoms with E-state index in [1.807, 2.05) is 0 Å². The van der Waals surface area contributed by atoms with Crippen LogP contribution in [0.25, 0.3) is 0 Å². The van der Waals surface area contributed by atoms with Crippen LogP contribution in [-0.2, 0) is 24.1 Å². The van der Waals surface area contributed by atoms with Crippen molar-refractivity contribution in [1.29, 1.82) is 0 Å². The van der Waals surface area contributed by atoms with Gasteiger partial charge in [-0.1, -0.05) is 17.7 Å². The fourth-order valence-electron chi connectivity index (χ4n) is 2.16. The number of rotatable bonds is 5. The van der Waals surface area contributed by atoms with E-state index in [4.69, 9.17) is 11.6 Å². The molecule has 0 aliphatic heterocycles. The van der Waals surface area contributed by atoms with Crippen LogP contribution >= 0.6 is 11.6 Å². The molecule has 1 amide bonds. The second-order valence-electron chi connectivity index (χ2n) is 5.45. The second-order valence-corrected chi connectivity index (χ2v) is 5.85. The van der Waals surface area contributed by atoms with Crippen LogP contribution in [0.15, 0.2) is 36.8 Å². The van der Waals surface area contributed by atoms with Crippen LogP contribution < -0.4 is 5.32 Å². The van der Waals surface area contributed by atoms with Crippen molar-refractivity contribution < 1.29 is 22.4 Å². The standard InChI is InChI=1S/C15H11ClF4N6O/c16-11-5-10(17)2-1-9(11)6-26-8-21-14(24-26)22-13(27)7-25-4-3-12(23-25)15(18,19)20/h1-5,8H,6-7H2,(H,22,24,27). The van der Waals surface area contributed by atoms with Crippen LogP contribution in [0.4, 0.5) is 23.5 Å². The first-order valence-corrected chi connectivity index (χ1v) is 7.82. The molecule has 2 aromatic heterocycles. The van der Waals surface area contributed by atoms with Gasteiger partial charge >= 0.3 is 6.18 Å². The van der Waals surface area contributed by atoms with E-state index in [1.54, 1.807) is 0 Å². The first kappa shape index (κ1) is 18.8. The summed E-state index contributed by atoms with van der Waals surface area (Å²) in [6, 6.07) is 4.68. The Morgan fingerprint density at radius 3 is 2.63 bits per heavy atom. The molecule has 142 valence electrons. The summed E-state index contributed by atoms with van der Waals surface area (Å²) >= 11 is 5.93. The van der Waals surface area contributed by atoms with E-state index < -0.39 is 30.1 Å². The van der Waals surface area contributed by atoms with Crippen LogP contribution in [-0.4, -0.2) is 30.5 Å². The lowest BCUT2D eigenvalue weighted by atomic mass is 10.2. The fraction of sp³-hybridized carbons (Fsp3) is 0.200. The number of benzene rings is 1. The lowest BCUT2D eigenvalue weighted by molar-refractivity contribution is -0.141. The van der Waals surface area contributed by atoms with Gasteiger partial charge in [-0.05, 0) is 23.8 Å². The Morgan fingerprint density at radius 1 is 1.19 bits per heavy atom. The second kappa shape index (κ2) is 7.35. The van der Waals surface area contributed by atoms with Gasteiger partial charge in [-0.25, -0.2) is 14.1 Å². The van der Waals surface area contributed by atoms with Crippen molar-refractivity contribution in [2.24, 2.45) is 0 Å². The fourth-order valence-corrected chi connectivity index (χ4v) is 2.39. The number of hydrogen-bond acceptors (Lipinski definition) is 4. The minimum Gasteiger partial charge on any atom is -0.292 e. The zero-order valence-corrected chi connectivity index (χ0v) is 14.2. The summed E-state index contributed by atoms with van der Waals surface area (Å²) < 4.78 is 52.7. The zero-order chi connectivity index (χ0) is 19.6. The van der Waals surface area contributed by atoms with Crippen LogP contribution in [0.3, 0.4) is 0 Å². The summed E-state index contributed by atoms with van der Waals surface area (Å²) in [6.07, 6.45) is -2.21. The minimum atomic E-state index is -4.58. The summed E-state index contributed by atoms with van der Waals surface area (Å²) in [4.78, 5) is 15.8. The highest BCUT2D eigenvalue weighted by atomic mass is 35.5. The summed E-state index contributed by atoms with van der Waals surface area (Å²) in [7, 11) is 0. The van der Waals surface area contributed by atoms with Gasteiger partial charge in [0.15, 0.2) is 5.69 Å². The van der Waals surface area contributed by atoms with Crippen molar-refractivity contribution in [3.05, 3.63) is 58.9 Å². The Labute approximate surface area is 154 Å². The number of anilines is 1. The largest absolute Gasteiger partial charge is 0.435 e. The molecule has 27 heavy (non-hydrogen) atoms. The van der Waals surface area contributed by atoms with Crippen molar-refractivity contribution in [1.82, 2.24) is 24.5 Å². The smallest absolute Gasteiger partial charge is 0.292 e. The number of hydrogen-bond donors (Lipinski definition) is 1. The number of carbonyl (C=O) groups excluding carboxylic acids is 1. The molecule has 0 saturated heterocycles. The number of alkyl halides is 3. The Morgan fingerprint density at radius 2 is 1.96 bits per heavy atom. The predicted molar refractivity (Wildman–Crippen MR) is 86.4 cm³/mol. The molecule has 0 unspecified atom stereocenters. The molecule has 1 aromatic carbocycles. The summed E-state index contributed by atoms with van der Waals surface area (Å²) in [6.45, 7) is -0.246. The lowest BCUT2D eigenvalue weighted by Gasteiger charge is -2.04. The Kier molecular flexibility index (Phi) is 5.13. The molecule has 12 heteroatoms. The van der Waals surface area contributed by atoms with Gasteiger partial charge in [0.25, 0.3) is 0 Å². The number of amides is 1. The molecule has 7 nitrogen and oxygen atoms in total. The average molecular weight is 403 g/mol. The van der Waals surface area contributed by atoms with Gasteiger partial charge in [0.1, 0.15) is 18.7 Å². The molecule has 3 aromatic rings. The molecule has 3 rings (SSSR count). The monoisotopic (exact) mass is 402 g/mol. The summed E-state index contributed by atoms with van der Waals surface area (Å²) in [5, 5.41) is 9.86. The van der Waals surface area contributed by atoms with Gasteiger partial charge in [-0.3, -0.25) is 14.8 Å². The topological polar surface area (TPSA) is 77.6 Å². The normalized spacial score (nSPS) is 11.6. The molecule has 2 heterocycles. The number of nitrogens with zero attached hydrogens (tertiary/aromatic N) is 5. The van der Waals surface area contributed by atoms with Gasteiger partial charge in [-0.2, -0.15) is 18.3 Å². The molecular formula is C15H11ClF4N6O. The number of carbonyl (C=O) groups is 1. The first-order valence-electron chi connectivity index (χ1n) is 7.44.